The Morgan fingerprint density at radius 3 is 2.91 bits per heavy atom. The average molecular weight is 311 g/mol. The Hall–Kier alpha value is -1.74. The van der Waals surface area contributed by atoms with E-state index in [2.05, 4.69) is 43.0 Å². The van der Waals surface area contributed by atoms with E-state index in [0.29, 0.717) is 12.0 Å². The lowest BCUT2D eigenvalue weighted by molar-refractivity contribution is 0.151. The minimum absolute atomic E-state index is 0.454. The fourth-order valence-electron chi connectivity index (χ4n) is 4.03. The lowest BCUT2D eigenvalue weighted by atomic mass is 9.86. The Kier molecular flexibility index (Phi) is 3.68. The number of fused-ring (bicyclic) bond motifs is 4. The largest absolute Gasteiger partial charge is 0.497 e. The van der Waals surface area contributed by atoms with E-state index < -0.39 is 0 Å². The Morgan fingerprint density at radius 1 is 1.26 bits per heavy atom. The molecule has 2 aliphatic heterocycles. The molecule has 0 radical (unpaired) electrons. The third kappa shape index (κ3) is 2.67. The van der Waals surface area contributed by atoms with Gasteiger partial charge in [0, 0.05) is 37.5 Å². The topological polar surface area (TPSA) is 25.6 Å². The minimum atomic E-state index is 0.454. The number of hydrogen-bond acceptors (Lipinski definition) is 3. The molecular formula is C20H25NO2. The van der Waals surface area contributed by atoms with Gasteiger partial charge in [0.1, 0.15) is 17.3 Å². The first-order chi connectivity index (χ1) is 11.1. The highest BCUT2D eigenvalue weighted by Crippen LogP contribution is 2.40. The molecule has 0 N–H and O–H groups in total. The molecular weight excluding hydrogens is 286 g/mol. The maximum Gasteiger partial charge on any atom is 0.119 e. The van der Waals surface area contributed by atoms with Crippen LogP contribution in [0.25, 0.3) is 0 Å². The number of nitrogens with zero attached hydrogens (tertiary/aromatic N) is 1. The van der Waals surface area contributed by atoms with Gasteiger partial charge in [0.2, 0.25) is 0 Å². The number of rotatable bonds is 3. The van der Waals surface area contributed by atoms with Crippen LogP contribution >= 0.6 is 0 Å². The van der Waals surface area contributed by atoms with Crippen LogP contribution in [0.1, 0.15) is 48.1 Å². The van der Waals surface area contributed by atoms with E-state index in [0.717, 1.165) is 43.9 Å². The summed E-state index contributed by atoms with van der Waals surface area (Å²) in [6.07, 6.45) is 3.13. The maximum atomic E-state index is 6.17. The van der Waals surface area contributed by atoms with E-state index in [1.165, 1.54) is 22.5 Å². The van der Waals surface area contributed by atoms with Crippen molar-refractivity contribution in [2.75, 3.05) is 13.7 Å². The molecule has 2 aliphatic rings. The van der Waals surface area contributed by atoms with Gasteiger partial charge in [0.05, 0.1) is 7.11 Å². The van der Waals surface area contributed by atoms with Gasteiger partial charge < -0.3 is 9.15 Å². The van der Waals surface area contributed by atoms with E-state index in [4.69, 9.17) is 9.15 Å². The number of hydrogen-bond donors (Lipinski definition) is 0. The van der Waals surface area contributed by atoms with Crippen LogP contribution in [0.3, 0.4) is 0 Å². The molecule has 1 aromatic carbocycles. The van der Waals surface area contributed by atoms with E-state index in [9.17, 15) is 0 Å². The van der Waals surface area contributed by atoms with Gasteiger partial charge in [-0.3, -0.25) is 4.90 Å². The highest BCUT2D eigenvalue weighted by molar-refractivity contribution is 5.41. The summed E-state index contributed by atoms with van der Waals surface area (Å²) in [6, 6.07) is 9.28. The van der Waals surface area contributed by atoms with Gasteiger partial charge in [-0.1, -0.05) is 19.9 Å². The molecule has 0 saturated carbocycles. The predicted molar refractivity (Wildman–Crippen MR) is 90.8 cm³/mol. The van der Waals surface area contributed by atoms with Gasteiger partial charge in [-0.2, -0.15) is 0 Å². The molecule has 3 heterocycles. The van der Waals surface area contributed by atoms with Gasteiger partial charge in [-0.05, 0) is 41.7 Å². The van der Waals surface area contributed by atoms with E-state index in [1.54, 1.807) is 7.11 Å². The number of methoxy groups -OCH3 is 1. The third-order valence-electron chi connectivity index (χ3n) is 5.13. The molecule has 1 aromatic heterocycles. The molecule has 0 spiro atoms. The van der Waals surface area contributed by atoms with Crippen LogP contribution in [0.2, 0.25) is 0 Å². The maximum absolute atomic E-state index is 6.17. The van der Waals surface area contributed by atoms with Crippen LogP contribution < -0.4 is 4.74 Å². The van der Waals surface area contributed by atoms with Crippen molar-refractivity contribution in [1.82, 2.24) is 4.90 Å². The van der Waals surface area contributed by atoms with Crippen molar-refractivity contribution in [1.29, 1.82) is 0 Å². The lowest BCUT2D eigenvalue weighted by Gasteiger charge is -2.40. The van der Waals surface area contributed by atoms with Gasteiger partial charge >= 0.3 is 0 Å². The lowest BCUT2D eigenvalue weighted by Crippen LogP contribution is -2.38. The van der Waals surface area contributed by atoms with Crippen molar-refractivity contribution < 1.29 is 9.15 Å². The number of furan rings is 1. The smallest absolute Gasteiger partial charge is 0.119 e. The molecule has 0 aliphatic carbocycles. The second kappa shape index (κ2) is 5.72. The highest BCUT2D eigenvalue weighted by atomic mass is 16.5. The molecule has 0 bridgehead atoms. The van der Waals surface area contributed by atoms with Crippen molar-refractivity contribution >= 4 is 0 Å². The fraction of sp³-hybridized carbons (Fsp3) is 0.500. The molecule has 122 valence electrons. The quantitative estimate of drug-likeness (QED) is 0.852. The summed E-state index contributed by atoms with van der Waals surface area (Å²) in [5.41, 5.74) is 4.28. The zero-order valence-corrected chi connectivity index (χ0v) is 14.3. The zero-order valence-electron chi connectivity index (χ0n) is 14.3. The third-order valence-corrected chi connectivity index (χ3v) is 5.13. The van der Waals surface area contributed by atoms with Gasteiger partial charge in [0.25, 0.3) is 0 Å². The van der Waals surface area contributed by atoms with E-state index in [1.807, 2.05) is 0 Å². The minimum Gasteiger partial charge on any atom is -0.497 e. The van der Waals surface area contributed by atoms with E-state index >= 15 is 0 Å². The monoisotopic (exact) mass is 311 g/mol. The van der Waals surface area contributed by atoms with Crippen LogP contribution in [-0.2, 0) is 25.8 Å². The molecule has 3 heteroatoms. The SMILES string of the molecule is COc1ccc2c(c1)CCN1Cc3cc(CC(C)C)oc3CC21. The Balaban J connectivity index is 1.64. The molecule has 0 amide bonds. The molecule has 0 saturated heterocycles. The molecule has 1 unspecified atom stereocenters. The fourth-order valence-corrected chi connectivity index (χ4v) is 4.03. The second-order valence-electron chi connectivity index (χ2n) is 7.26. The Bertz CT molecular complexity index is 716. The summed E-state index contributed by atoms with van der Waals surface area (Å²) in [7, 11) is 1.74. The van der Waals surface area contributed by atoms with Gasteiger partial charge in [-0.15, -0.1) is 0 Å². The molecule has 1 atom stereocenters. The summed E-state index contributed by atoms with van der Waals surface area (Å²) in [5.74, 6) is 3.95. The first-order valence-corrected chi connectivity index (χ1v) is 8.65. The van der Waals surface area contributed by atoms with E-state index in [-0.39, 0.29) is 0 Å². The number of ether oxygens (including phenoxy) is 1. The van der Waals surface area contributed by atoms with Crippen LogP contribution in [0.15, 0.2) is 28.7 Å². The van der Waals surface area contributed by atoms with Gasteiger partial charge in [0.15, 0.2) is 0 Å². The van der Waals surface area contributed by atoms with Crippen LogP contribution in [0.5, 0.6) is 5.75 Å². The first-order valence-electron chi connectivity index (χ1n) is 8.65. The van der Waals surface area contributed by atoms with Crippen LogP contribution in [0, 0.1) is 5.92 Å². The van der Waals surface area contributed by atoms with Crippen molar-refractivity contribution in [2.24, 2.45) is 5.92 Å². The summed E-state index contributed by atoms with van der Waals surface area (Å²) >= 11 is 0. The molecule has 4 rings (SSSR count). The molecule has 0 fully saturated rings. The first kappa shape index (κ1) is 14.8. The normalized spacial score (nSPS) is 20.1. The predicted octanol–water partition coefficient (Wildman–Crippen LogP) is 4.14. The van der Waals surface area contributed by atoms with Gasteiger partial charge in [-0.25, -0.2) is 0 Å². The average Bonchev–Trinajstić information content (AvgIpc) is 2.92. The van der Waals surface area contributed by atoms with Crippen LogP contribution in [0.4, 0.5) is 0 Å². The van der Waals surface area contributed by atoms with Crippen molar-refractivity contribution in [2.45, 2.75) is 45.7 Å². The van der Waals surface area contributed by atoms with Crippen molar-refractivity contribution in [3.63, 3.8) is 0 Å². The standard InChI is InChI=1S/C20H25NO2/c1-13(2)8-17-10-15-12-21-7-6-14-9-16(22-3)4-5-18(14)19(21)11-20(15)23-17/h4-5,9-10,13,19H,6-8,11-12H2,1-3H3. The summed E-state index contributed by atoms with van der Waals surface area (Å²) in [5, 5.41) is 0. The number of benzene rings is 1. The molecule has 23 heavy (non-hydrogen) atoms. The summed E-state index contributed by atoms with van der Waals surface area (Å²) in [6.45, 7) is 6.63. The zero-order chi connectivity index (χ0) is 16.0. The molecule has 3 nitrogen and oxygen atoms in total. The Morgan fingerprint density at radius 2 is 2.13 bits per heavy atom. The Labute approximate surface area is 138 Å². The van der Waals surface area contributed by atoms with Crippen molar-refractivity contribution in [3.05, 3.63) is 52.5 Å². The molecule has 2 aromatic rings. The summed E-state index contributed by atoms with van der Waals surface area (Å²) in [4.78, 5) is 2.60. The van der Waals surface area contributed by atoms with Crippen molar-refractivity contribution in [3.8, 4) is 5.75 Å². The summed E-state index contributed by atoms with van der Waals surface area (Å²) < 4.78 is 11.6. The van der Waals surface area contributed by atoms with Crippen LogP contribution in [-0.4, -0.2) is 18.6 Å². The second-order valence-corrected chi connectivity index (χ2v) is 7.26. The highest BCUT2D eigenvalue weighted by Gasteiger charge is 2.34.